The average molecular weight is 325 g/mol. The molecule has 0 atom stereocenters. The fourth-order valence-electron chi connectivity index (χ4n) is 2.60. The number of aryl methyl sites for hydroxylation is 1. The van der Waals surface area contributed by atoms with Crippen molar-refractivity contribution in [1.82, 2.24) is 4.98 Å². The van der Waals surface area contributed by atoms with Crippen LogP contribution in [0.15, 0.2) is 42.6 Å². The molecule has 1 aromatic carbocycles. The number of aromatic nitrogens is 1. The summed E-state index contributed by atoms with van der Waals surface area (Å²) >= 11 is 0. The molecule has 2 heterocycles. The summed E-state index contributed by atoms with van der Waals surface area (Å²) in [6.45, 7) is 5.22. The van der Waals surface area contributed by atoms with Crippen LogP contribution in [0.1, 0.15) is 19.4 Å². The van der Waals surface area contributed by atoms with Gasteiger partial charge in [0.25, 0.3) is 5.91 Å². The maximum Gasteiger partial charge on any atom is 0.271 e. The number of nitrogens with zero attached hydrogens (tertiary/aromatic N) is 2. The Morgan fingerprint density at radius 1 is 1.29 bits per heavy atom. The molecular weight excluding hydrogens is 306 g/mol. The number of carbonyl (C=O) groups is 2. The standard InChI is InChI=1S/C18H19N3O3/c1-12-7-8-14-13(10-12)21(17(23)18(2,3)24-14)11-16(22)20-15-6-4-5-9-19-15/h4-10H,11H2,1-3H3,(H,19,20,22). The Bertz CT molecular complexity index is 787. The second-order valence-electron chi connectivity index (χ2n) is 6.24. The van der Waals surface area contributed by atoms with Crippen LogP contribution in [0.25, 0.3) is 0 Å². The molecule has 1 aromatic heterocycles. The van der Waals surface area contributed by atoms with E-state index < -0.39 is 5.60 Å². The van der Waals surface area contributed by atoms with Gasteiger partial charge in [0.1, 0.15) is 18.1 Å². The maximum absolute atomic E-state index is 12.7. The van der Waals surface area contributed by atoms with Gasteiger partial charge in [-0.15, -0.1) is 0 Å². The summed E-state index contributed by atoms with van der Waals surface area (Å²) in [5, 5.41) is 2.70. The molecule has 124 valence electrons. The second kappa shape index (κ2) is 5.96. The van der Waals surface area contributed by atoms with E-state index in [2.05, 4.69) is 10.3 Å². The van der Waals surface area contributed by atoms with Crippen molar-refractivity contribution >= 4 is 23.3 Å². The van der Waals surface area contributed by atoms with Crippen molar-refractivity contribution in [2.45, 2.75) is 26.4 Å². The molecular formula is C18H19N3O3. The molecule has 0 aliphatic carbocycles. The van der Waals surface area contributed by atoms with E-state index in [0.717, 1.165) is 5.56 Å². The molecule has 1 aliphatic rings. The van der Waals surface area contributed by atoms with Gasteiger partial charge in [0.05, 0.1) is 5.69 Å². The highest BCUT2D eigenvalue weighted by molar-refractivity contribution is 6.07. The van der Waals surface area contributed by atoms with Crippen molar-refractivity contribution in [3.63, 3.8) is 0 Å². The lowest BCUT2D eigenvalue weighted by Gasteiger charge is -2.38. The van der Waals surface area contributed by atoms with Gasteiger partial charge in [-0.2, -0.15) is 0 Å². The van der Waals surface area contributed by atoms with Crippen LogP contribution in [-0.4, -0.2) is 28.9 Å². The van der Waals surface area contributed by atoms with Gasteiger partial charge in [-0.05, 0) is 50.6 Å². The number of fused-ring (bicyclic) bond motifs is 1. The Morgan fingerprint density at radius 3 is 2.79 bits per heavy atom. The monoisotopic (exact) mass is 325 g/mol. The number of ether oxygens (including phenoxy) is 1. The minimum atomic E-state index is -1.02. The van der Waals surface area contributed by atoms with Gasteiger partial charge < -0.3 is 10.1 Å². The molecule has 1 N–H and O–H groups in total. The quantitative estimate of drug-likeness (QED) is 0.941. The second-order valence-corrected chi connectivity index (χ2v) is 6.24. The minimum absolute atomic E-state index is 0.0986. The number of carbonyl (C=O) groups excluding carboxylic acids is 2. The van der Waals surface area contributed by atoms with Gasteiger partial charge in [0.15, 0.2) is 5.60 Å². The largest absolute Gasteiger partial charge is 0.476 e. The van der Waals surface area contributed by atoms with Crippen LogP contribution in [0, 0.1) is 6.92 Å². The molecule has 6 nitrogen and oxygen atoms in total. The summed E-state index contributed by atoms with van der Waals surface area (Å²) in [6.07, 6.45) is 1.59. The van der Waals surface area contributed by atoms with E-state index in [1.165, 1.54) is 4.90 Å². The number of anilines is 2. The Hall–Kier alpha value is -2.89. The molecule has 0 saturated heterocycles. The Morgan fingerprint density at radius 2 is 2.08 bits per heavy atom. The third-order valence-electron chi connectivity index (χ3n) is 3.76. The minimum Gasteiger partial charge on any atom is -0.476 e. The van der Waals surface area contributed by atoms with Crippen molar-refractivity contribution in [1.29, 1.82) is 0 Å². The number of hydrogen-bond donors (Lipinski definition) is 1. The van der Waals surface area contributed by atoms with Gasteiger partial charge >= 0.3 is 0 Å². The van der Waals surface area contributed by atoms with Crippen LogP contribution in [0.5, 0.6) is 5.75 Å². The topological polar surface area (TPSA) is 71.5 Å². The van der Waals surface area contributed by atoms with Crippen molar-refractivity contribution < 1.29 is 14.3 Å². The lowest BCUT2D eigenvalue weighted by atomic mass is 10.0. The molecule has 0 bridgehead atoms. The normalized spacial score (nSPS) is 15.5. The first-order chi connectivity index (χ1) is 11.4. The third-order valence-corrected chi connectivity index (χ3v) is 3.76. The van der Waals surface area contributed by atoms with E-state index in [9.17, 15) is 9.59 Å². The number of benzene rings is 1. The summed E-state index contributed by atoms with van der Waals surface area (Å²) in [5.41, 5.74) is 0.573. The summed E-state index contributed by atoms with van der Waals surface area (Å²) in [5.74, 6) is 0.478. The third kappa shape index (κ3) is 3.08. The van der Waals surface area contributed by atoms with Crippen LogP contribution < -0.4 is 15.0 Å². The zero-order chi connectivity index (χ0) is 17.3. The predicted octanol–water partition coefficient (Wildman–Crippen LogP) is 2.53. The Labute approximate surface area is 140 Å². The van der Waals surface area contributed by atoms with E-state index in [1.807, 2.05) is 25.1 Å². The van der Waals surface area contributed by atoms with Crippen LogP contribution in [0.4, 0.5) is 11.5 Å². The lowest BCUT2D eigenvalue weighted by Crippen LogP contribution is -2.54. The zero-order valence-corrected chi connectivity index (χ0v) is 13.9. The molecule has 0 spiro atoms. The zero-order valence-electron chi connectivity index (χ0n) is 13.9. The van der Waals surface area contributed by atoms with Crippen molar-refractivity contribution in [3.05, 3.63) is 48.2 Å². The van der Waals surface area contributed by atoms with Gasteiger partial charge in [0, 0.05) is 6.20 Å². The summed E-state index contributed by atoms with van der Waals surface area (Å²) in [7, 11) is 0. The number of amides is 2. The van der Waals surface area contributed by atoms with Gasteiger partial charge in [-0.25, -0.2) is 4.98 Å². The molecule has 2 aromatic rings. The van der Waals surface area contributed by atoms with Gasteiger partial charge in [-0.3, -0.25) is 14.5 Å². The number of rotatable bonds is 3. The van der Waals surface area contributed by atoms with Crippen LogP contribution in [0.2, 0.25) is 0 Å². The Balaban J connectivity index is 1.87. The maximum atomic E-state index is 12.7. The average Bonchev–Trinajstić information content (AvgIpc) is 2.53. The highest BCUT2D eigenvalue weighted by atomic mass is 16.5. The molecule has 3 rings (SSSR count). The molecule has 24 heavy (non-hydrogen) atoms. The van der Waals surface area contributed by atoms with Gasteiger partial charge in [-0.1, -0.05) is 12.1 Å². The van der Waals surface area contributed by atoms with Crippen molar-refractivity contribution in [2.75, 3.05) is 16.8 Å². The SMILES string of the molecule is Cc1ccc2c(c1)N(CC(=O)Nc1ccccn1)C(=O)C(C)(C)O2. The smallest absolute Gasteiger partial charge is 0.271 e. The van der Waals surface area contributed by atoms with Crippen LogP contribution in [-0.2, 0) is 9.59 Å². The first kappa shape index (κ1) is 16.0. The van der Waals surface area contributed by atoms with Crippen LogP contribution >= 0.6 is 0 Å². The summed E-state index contributed by atoms with van der Waals surface area (Å²) in [4.78, 5) is 30.6. The van der Waals surface area contributed by atoms with Crippen molar-refractivity contribution in [3.8, 4) is 5.75 Å². The van der Waals surface area contributed by atoms with E-state index in [4.69, 9.17) is 4.74 Å². The van der Waals surface area contributed by atoms with E-state index in [-0.39, 0.29) is 18.4 Å². The van der Waals surface area contributed by atoms with Crippen LogP contribution in [0.3, 0.4) is 0 Å². The molecule has 6 heteroatoms. The fourth-order valence-corrected chi connectivity index (χ4v) is 2.60. The molecule has 2 amide bonds. The molecule has 0 fully saturated rings. The number of pyridine rings is 1. The molecule has 0 saturated carbocycles. The van der Waals surface area contributed by atoms with Crippen molar-refractivity contribution in [2.24, 2.45) is 0 Å². The number of hydrogen-bond acceptors (Lipinski definition) is 4. The fraction of sp³-hybridized carbons (Fsp3) is 0.278. The highest BCUT2D eigenvalue weighted by Gasteiger charge is 2.41. The lowest BCUT2D eigenvalue weighted by molar-refractivity contribution is -0.133. The van der Waals surface area contributed by atoms with E-state index in [0.29, 0.717) is 17.3 Å². The first-order valence-corrected chi connectivity index (χ1v) is 7.69. The highest BCUT2D eigenvalue weighted by Crippen LogP contribution is 2.38. The molecule has 1 aliphatic heterocycles. The summed E-state index contributed by atoms with van der Waals surface area (Å²) < 4.78 is 5.78. The Kier molecular flexibility index (Phi) is 3.97. The van der Waals surface area contributed by atoms with Gasteiger partial charge in [0.2, 0.25) is 5.91 Å². The van der Waals surface area contributed by atoms with E-state index >= 15 is 0 Å². The molecule has 0 unspecified atom stereocenters. The molecule has 0 radical (unpaired) electrons. The van der Waals surface area contributed by atoms with E-state index in [1.54, 1.807) is 38.2 Å². The summed E-state index contributed by atoms with van der Waals surface area (Å²) in [6, 6.07) is 10.8. The number of nitrogens with one attached hydrogen (secondary N) is 1. The predicted molar refractivity (Wildman–Crippen MR) is 91.1 cm³/mol. The first-order valence-electron chi connectivity index (χ1n) is 7.69.